The topological polar surface area (TPSA) is 72.6 Å². The molecule has 94 valence electrons. The molecule has 4 heteroatoms. The number of nitrogens with two attached hydrogens (primary N) is 1. The van der Waals surface area contributed by atoms with E-state index in [1.165, 1.54) is 0 Å². The number of primary amides is 1. The fourth-order valence-corrected chi connectivity index (χ4v) is 1.62. The van der Waals surface area contributed by atoms with E-state index in [4.69, 9.17) is 15.6 Å². The minimum atomic E-state index is -0.348. The molecular weight excluding hydrogens is 218 g/mol. The minimum absolute atomic E-state index is 0.00680. The number of carbonyl (C=O) groups excluding carboxylic acids is 1. The summed E-state index contributed by atoms with van der Waals surface area (Å²) >= 11 is 0. The van der Waals surface area contributed by atoms with Crippen LogP contribution in [-0.4, -0.2) is 24.2 Å². The number of benzene rings is 1. The van der Waals surface area contributed by atoms with E-state index < -0.39 is 0 Å². The number of hydrogen-bond acceptors (Lipinski definition) is 3. The summed E-state index contributed by atoms with van der Waals surface area (Å²) in [5, 5.41) is 8.78. The Hall–Kier alpha value is -1.55. The van der Waals surface area contributed by atoms with Gasteiger partial charge in [0, 0.05) is 12.5 Å². The average Bonchev–Trinajstić information content (AvgIpc) is 2.34. The molecule has 1 amide bonds. The van der Waals surface area contributed by atoms with Gasteiger partial charge in [-0.2, -0.15) is 0 Å². The number of aliphatic hydroxyl groups is 1. The highest BCUT2D eigenvalue weighted by atomic mass is 16.5. The van der Waals surface area contributed by atoms with Crippen molar-refractivity contribution in [3.63, 3.8) is 0 Å². The highest BCUT2D eigenvalue weighted by Crippen LogP contribution is 2.12. The summed E-state index contributed by atoms with van der Waals surface area (Å²) in [5.74, 6) is 0.225. The third-order valence-electron chi connectivity index (χ3n) is 2.59. The maximum Gasteiger partial charge on any atom is 0.220 e. The molecule has 0 aliphatic heterocycles. The zero-order chi connectivity index (χ0) is 12.5. The van der Waals surface area contributed by atoms with Crippen molar-refractivity contribution in [1.82, 2.24) is 0 Å². The van der Waals surface area contributed by atoms with Gasteiger partial charge in [0.05, 0.1) is 6.61 Å². The van der Waals surface area contributed by atoms with Gasteiger partial charge >= 0.3 is 0 Å². The van der Waals surface area contributed by atoms with Crippen LogP contribution < -0.4 is 10.5 Å². The van der Waals surface area contributed by atoms with Crippen LogP contribution >= 0.6 is 0 Å². The molecule has 4 nitrogen and oxygen atoms in total. The first-order valence-electron chi connectivity index (χ1n) is 5.82. The van der Waals surface area contributed by atoms with E-state index in [9.17, 15) is 4.79 Å². The van der Waals surface area contributed by atoms with Gasteiger partial charge in [-0.15, -0.1) is 0 Å². The van der Waals surface area contributed by atoms with Crippen molar-refractivity contribution in [3.8, 4) is 5.75 Å². The van der Waals surface area contributed by atoms with Crippen LogP contribution in [0, 0.1) is 5.92 Å². The van der Waals surface area contributed by atoms with Gasteiger partial charge in [0.25, 0.3) is 0 Å². The lowest BCUT2D eigenvalue weighted by atomic mass is 9.99. The molecule has 0 aliphatic rings. The molecule has 0 radical (unpaired) electrons. The quantitative estimate of drug-likeness (QED) is 0.670. The Morgan fingerprint density at radius 2 is 2.00 bits per heavy atom. The molecule has 0 bridgehead atoms. The summed E-state index contributed by atoms with van der Waals surface area (Å²) in [5.41, 5.74) is 5.23. The van der Waals surface area contributed by atoms with E-state index in [0.29, 0.717) is 19.4 Å². The van der Waals surface area contributed by atoms with Gasteiger partial charge in [0.15, 0.2) is 0 Å². The second kappa shape index (κ2) is 7.68. The maximum absolute atomic E-state index is 11.0. The Morgan fingerprint density at radius 1 is 1.29 bits per heavy atom. The molecular formula is C13H19NO3. The monoisotopic (exact) mass is 237 g/mol. The number of ether oxygens (including phenoxy) is 1. The molecule has 0 saturated heterocycles. The second-order valence-electron chi connectivity index (χ2n) is 3.92. The van der Waals surface area contributed by atoms with Crippen LogP contribution in [0.25, 0.3) is 0 Å². The van der Waals surface area contributed by atoms with Crippen LogP contribution in [0.2, 0.25) is 0 Å². The van der Waals surface area contributed by atoms with Crippen molar-refractivity contribution in [1.29, 1.82) is 0 Å². The van der Waals surface area contributed by atoms with E-state index in [1.807, 2.05) is 30.3 Å². The van der Waals surface area contributed by atoms with Crippen molar-refractivity contribution in [3.05, 3.63) is 30.3 Å². The fourth-order valence-electron chi connectivity index (χ4n) is 1.62. The maximum atomic E-state index is 11.0. The number of hydrogen-bond donors (Lipinski definition) is 2. The Kier molecular flexibility index (Phi) is 6.10. The zero-order valence-electron chi connectivity index (χ0n) is 9.84. The van der Waals surface area contributed by atoms with E-state index in [1.54, 1.807) is 0 Å². The van der Waals surface area contributed by atoms with Crippen LogP contribution in [0.1, 0.15) is 19.3 Å². The van der Waals surface area contributed by atoms with Crippen molar-refractivity contribution in [2.24, 2.45) is 11.7 Å². The Labute approximate surface area is 101 Å². The standard InChI is InChI=1S/C13H19NO3/c14-13(16)11(8-9-15)5-4-10-17-12-6-2-1-3-7-12/h1-3,6-7,11,15H,4-5,8-10H2,(H2,14,16). The predicted octanol–water partition coefficient (Wildman–Crippen LogP) is 1.33. The summed E-state index contributed by atoms with van der Waals surface area (Å²) in [6.45, 7) is 0.548. The minimum Gasteiger partial charge on any atom is -0.494 e. The number of rotatable bonds is 8. The zero-order valence-corrected chi connectivity index (χ0v) is 9.84. The molecule has 17 heavy (non-hydrogen) atoms. The molecule has 1 aromatic rings. The molecule has 0 fully saturated rings. The van der Waals surface area contributed by atoms with Gasteiger partial charge in [-0.05, 0) is 31.4 Å². The summed E-state index contributed by atoms with van der Waals surface area (Å²) < 4.78 is 5.50. The summed E-state index contributed by atoms with van der Waals surface area (Å²) in [7, 11) is 0. The lowest BCUT2D eigenvalue weighted by Gasteiger charge is -2.12. The Balaban J connectivity index is 2.20. The first-order valence-corrected chi connectivity index (χ1v) is 5.82. The molecule has 0 saturated carbocycles. The van der Waals surface area contributed by atoms with Gasteiger partial charge in [0.2, 0.25) is 5.91 Å². The average molecular weight is 237 g/mol. The SMILES string of the molecule is NC(=O)C(CCO)CCCOc1ccccc1. The van der Waals surface area contributed by atoms with Crippen LogP contribution in [0.4, 0.5) is 0 Å². The number of amides is 1. The summed E-state index contributed by atoms with van der Waals surface area (Å²) in [4.78, 5) is 11.0. The van der Waals surface area contributed by atoms with Gasteiger partial charge in [-0.1, -0.05) is 18.2 Å². The number of para-hydroxylation sites is 1. The highest BCUT2D eigenvalue weighted by molar-refractivity contribution is 5.76. The highest BCUT2D eigenvalue weighted by Gasteiger charge is 2.13. The molecule has 0 aromatic heterocycles. The van der Waals surface area contributed by atoms with Gasteiger partial charge in [-0.3, -0.25) is 4.79 Å². The fraction of sp³-hybridized carbons (Fsp3) is 0.462. The normalized spacial score (nSPS) is 12.1. The first kappa shape index (κ1) is 13.5. The van der Waals surface area contributed by atoms with E-state index >= 15 is 0 Å². The van der Waals surface area contributed by atoms with Crippen molar-refractivity contribution >= 4 is 5.91 Å². The second-order valence-corrected chi connectivity index (χ2v) is 3.92. The lowest BCUT2D eigenvalue weighted by Crippen LogP contribution is -2.24. The van der Waals surface area contributed by atoms with Gasteiger partial charge in [-0.25, -0.2) is 0 Å². The molecule has 0 spiro atoms. The number of aliphatic hydroxyl groups excluding tert-OH is 1. The van der Waals surface area contributed by atoms with Crippen LogP contribution in [0.3, 0.4) is 0 Å². The van der Waals surface area contributed by atoms with Crippen molar-refractivity contribution in [2.75, 3.05) is 13.2 Å². The molecule has 0 heterocycles. The van der Waals surface area contributed by atoms with Crippen LogP contribution in [0.15, 0.2) is 30.3 Å². The number of carbonyl (C=O) groups is 1. The summed E-state index contributed by atoms with van der Waals surface area (Å²) in [6.07, 6.45) is 1.84. The Bertz CT molecular complexity index is 327. The molecule has 1 atom stereocenters. The molecule has 1 unspecified atom stereocenters. The predicted molar refractivity (Wildman–Crippen MR) is 65.6 cm³/mol. The molecule has 1 aromatic carbocycles. The third-order valence-corrected chi connectivity index (χ3v) is 2.59. The lowest BCUT2D eigenvalue weighted by molar-refractivity contribution is -0.122. The smallest absolute Gasteiger partial charge is 0.220 e. The van der Waals surface area contributed by atoms with Crippen LogP contribution in [-0.2, 0) is 4.79 Å². The Morgan fingerprint density at radius 3 is 2.59 bits per heavy atom. The van der Waals surface area contributed by atoms with Crippen LogP contribution in [0.5, 0.6) is 5.75 Å². The first-order chi connectivity index (χ1) is 8.24. The molecule has 3 N–H and O–H groups in total. The van der Waals surface area contributed by atoms with E-state index in [-0.39, 0.29) is 18.4 Å². The third kappa shape index (κ3) is 5.36. The van der Waals surface area contributed by atoms with E-state index in [0.717, 1.165) is 12.2 Å². The van der Waals surface area contributed by atoms with Gasteiger partial charge < -0.3 is 15.6 Å². The van der Waals surface area contributed by atoms with Crippen molar-refractivity contribution < 1.29 is 14.6 Å². The molecule has 0 aliphatic carbocycles. The molecule has 1 rings (SSSR count). The largest absolute Gasteiger partial charge is 0.494 e. The summed E-state index contributed by atoms with van der Waals surface area (Å²) in [6, 6.07) is 9.52. The van der Waals surface area contributed by atoms with Crippen molar-refractivity contribution in [2.45, 2.75) is 19.3 Å². The van der Waals surface area contributed by atoms with E-state index in [2.05, 4.69) is 0 Å². The van der Waals surface area contributed by atoms with Gasteiger partial charge in [0.1, 0.15) is 5.75 Å².